The predicted octanol–water partition coefficient (Wildman–Crippen LogP) is 3.49. The summed E-state index contributed by atoms with van der Waals surface area (Å²) in [6.45, 7) is 5.42. The summed E-state index contributed by atoms with van der Waals surface area (Å²) >= 11 is 0. The molecule has 2 aromatic heterocycles. The number of fused-ring (bicyclic) bond motifs is 1. The Morgan fingerprint density at radius 1 is 1.22 bits per heavy atom. The van der Waals surface area contributed by atoms with Crippen LogP contribution >= 0.6 is 0 Å². The molecule has 0 saturated heterocycles. The van der Waals surface area contributed by atoms with Gasteiger partial charge in [-0.25, -0.2) is 0 Å². The molecular formula is C22H26N4O. The lowest BCUT2D eigenvalue weighted by Crippen LogP contribution is -2.28. The number of aliphatic hydroxyl groups is 1. The van der Waals surface area contributed by atoms with Crippen molar-refractivity contribution < 1.29 is 5.11 Å². The largest absolute Gasteiger partial charge is 0.391 e. The zero-order chi connectivity index (χ0) is 18.6. The molecule has 0 bridgehead atoms. The quantitative estimate of drug-likeness (QED) is 0.729. The second-order valence-corrected chi connectivity index (χ2v) is 7.22. The van der Waals surface area contributed by atoms with Gasteiger partial charge in [-0.3, -0.25) is 14.6 Å². The molecule has 27 heavy (non-hydrogen) atoms. The molecule has 0 fully saturated rings. The van der Waals surface area contributed by atoms with Crippen LogP contribution in [0.4, 0.5) is 0 Å². The van der Waals surface area contributed by atoms with Gasteiger partial charge in [0, 0.05) is 43.0 Å². The maximum absolute atomic E-state index is 9.79. The Morgan fingerprint density at radius 2 is 2.11 bits per heavy atom. The fourth-order valence-electron chi connectivity index (χ4n) is 3.63. The van der Waals surface area contributed by atoms with Crippen LogP contribution in [0.15, 0.2) is 55.0 Å². The van der Waals surface area contributed by atoms with Crippen molar-refractivity contribution in [2.45, 2.75) is 39.0 Å². The third-order valence-corrected chi connectivity index (χ3v) is 5.28. The van der Waals surface area contributed by atoms with E-state index in [1.807, 2.05) is 30.1 Å². The summed E-state index contributed by atoms with van der Waals surface area (Å²) in [5.41, 5.74) is 4.90. The van der Waals surface area contributed by atoms with Gasteiger partial charge >= 0.3 is 0 Å². The number of aromatic nitrogens is 3. The summed E-state index contributed by atoms with van der Waals surface area (Å²) in [7, 11) is 0. The molecule has 0 saturated carbocycles. The maximum Gasteiger partial charge on any atom is 0.0746 e. The highest BCUT2D eigenvalue weighted by Gasteiger charge is 2.16. The van der Waals surface area contributed by atoms with E-state index in [0.29, 0.717) is 6.54 Å². The van der Waals surface area contributed by atoms with Gasteiger partial charge in [-0.2, -0.15) is 5.10 Å². The zero-order valence-electron chi connectivity index (χ0n) is 15.8. The van der Waals surface area contributed by atoms with E-state index in [0.717, 1.165) is 38.0 Å². The summed E-state index contributed by atoms with van der Waals surface area (Å²) in [4.78, 5) is 7.03. The number of nitrogens with zero attached hydrogens (tertiary/aromatic N) is 4. The van der Waals surface area contributed by atoms with E-state index in [-0.39, 0.29) is 6.10 Å². The Labute approximate surface area is 160 Å². The van der Waals surface area contributed by atoms with Crippen molar-refractivity contribution in [2.75, 3.05) is 13.1 Å². The average Bonchev–Trinajstić information content (AvgIpc) is 3.17. The van der Waals surface area contributed by atoms with E-state index in [1.54, 1.807) is 0 Å². The average molecular weight is 362 g/mol. The minimum Gasteiger partial charge on any atom is -0.391 e. The van der Waals surface area contributed by atoms with Crippen LogP contribution in [0.25, 0.3) is 16.5 Å². The first kappa shape index (κ1) is 17.9. The van der Waals surface area contributed by atoms with Crippen LogP contribution in [0, 0.1) is 0 Å². The number of benzene rings is 1. The van der Waals surface area contributed by atoms with Crippen molar-refractivity contribution in [3.63, 3.8) is 0 Å². The van der Waals surface area contributed by atoms with Gasteiger partial charge in [0.15, 0.2) is 0 Å². The van der Waals surface area contributed by atoms with Gasteiger partial charge in [-0.05, 0) is 30.0 Å². The van der Waals surface area contributed by atoms with Crippen LogP contribution in [-0.4, -0.2) is 44.0 Å². The highest BCUT2D eigenvalue weighted by atomic mass is 16.3. The third-order valence-electron chi connectivity index (χ3n) is 5.28. The zero-order valence-corrected chi connectivity index (χ0v) is 15.8. The molecule has 5 nitrogen and oxygen atoms in total. The first-order valence-corrected chi connectivity index (χ1v) is 9.68. The molecule has 0 amide bonds. The van der Waals surface area contributed by atoms with Gasteiger partial charge < -0.3 is 5.11 Å². The van der Waals surface area contributed by atoms with Gasteiger partial charge in [-0.15, -0.1) is 0 Å². The molecule has 0 radical (unpaired) electrons. The van der Waals surface area contributed by atoms with Crippen LogP contribution < -0.4 is 0 Å². The SMILES string of the molecule is CC[C@@H](O)Cn1cc(C2=CCN(Cc3cccc4cccnc34)CC2)cn1. The molecule has 0 aliphatic carbocycles. The molecule has 1 aliphatic rings. The molecule has 5 heteroatoms. The van der Waals surface area contributed by atoms with Crippen molar-refractivity contribution in [3.05, 3.63) is 66.1 Å². The summed E-state index contributed by atoms with van der Waals surface area (Å²) in [6, 6.07) is 10.5. The van der Waals surface area contributed by atoms with E-state index in [2.05, 4.69) is 51.5 Å². The molecule has 1 aliphatic heterocycles. The summed E-state index contributed by atoms with van der Waals surface area (Å²) < 4.78 is 1.85. The van der Waals surface area contributed by atoms with E-state index in [1.165, 1.54) is 22.1 Å². The molecule has 0 unspecified atom stereocenters. The van der Waals surface area contributed by atoms with Crippen LogP contribution in [-0.2, 0) is 13.1 Å². The van der Waals surface area contributed by atoms with Crippen LogP contribution in [0.5, 0.6) is 0 Å². The molecule has 3 aromatic rings. The minimum atomic E-state index is -0.331. The van der Waals surface area contributed by atoms with Crippen molar-refractivity contribution in [1.82, 2.24) is 19.7 Å². The smallest absolute Gasteiger partial charge is 0.0746 e. The van der Waals surface area contributed by atoms with Crippen LogP contribution in [0.1, 0.15) is 30.9 Å². The van der Waals surface area contributed by atoms with Gasteiger partial charge in [0.1, 0.15) is 0 Å². The van der Waals surface area contributed by atoms with Crippen molar-refractivity contribution in [2.24, 2.45) is 0 Å². The molecule has 1 N–H and O–H groups in total. The molecular weight excluding hydrogens is 336 g/mol. The maximum atomic E-state index is 9.79. The van der Waals surface area contributed by atoms with E-state index in [4.69, 9.17) is 0 Å². The number of rotatable bonds is 6. The van der Waals surface area contributed by atoms with Crippen LogP contribution in [0.2, 0.25) is 0 Å². The number of para-hydroxylation sites is 1. The molecule has 1 atom stereocenters. The summed E-state index contributed by atoms with van der Waals surface area (Å²) in [5, 5.41) is 15.4. The minimum absolute atomic E-state index is 0.331. The number of aliphatic hydroxyl groups excluding tert-OH is 1. The molecule has 3 heterocycles. The highest BCUT2D eigenvalue weighted by molar-refractivity contribution is 5.81. The third kappa shape index (κ3) is 4.10. The van der Waals surface area contributed by atoms with Crippen molar-refractivity contribution in [3.8, 4) is 0 Å². The number of hydrogen-bond acceptors (Lipinski definition) is 4. The fraction of sp³-hybridized carbons (Fsp3) is 0.364. The second kappa shape index (κ2) is 8.03. The summed E-state index contributed by atoms with van der Waals surface area (Å²) in [5.74, 6) is 0. The molecule has 1 aromatic carbocycles. The topological polar surface area (TPSA) is 54.2 Å². The van der Waals surface area contributed by atoms with Crippen molar-refractivity contribution in [1.29, 1.82) is 0 Å². The van der Waals surface area contributed by atoms with E-state index < -0.39 is 0 Å². The normalized spacial score (nSPS) is 16.4. The fourth-order valence-corrected chi connectivity index (χ4v) is 3.63. The Hall–Kier alpha value is -2.50. The molecule has 0 spiro atoms. The monoisotopic (exact) mass is 362 g/mol. The standard InChI is InChI=1S/C22H26N4O/c1-2-21(27)16-26-15-20(13-24-26)17-8-11-25(12-9-17)14-19-6-3-5-18-7-4-10-23-22(18)19/h3-8,10,13,15,21,27H,2,9,11-12,14,16H2,1H3/t21-/m1/s1. The lowest BCUT2D eigenvalue weighted by atomic mass is 10.0. The lowest BCUT2D eigenvalue weighted by molar-refractivity contribution is 0.145. The second-order valence-electron chi connectivity index (χ2n) is 7.22. The van der Waals surface area contributed by atoms with Gasteiger partial charge in [0.2, 0.25) is 0 Å². The number of hydrogen-bond donors (Lipinski definition) is 1. The lowest BCUT2D eigenvalue weighted by Gasteiger charge is -2.26. The molecule has 140 valence electrons. The summed E-state index contributed by atoms with van der Waals surface area (Å²) in [6.07, 6.45) is 9.57. The first-order valence-electron chi connectivity index (χ1n) is 9.68. The number of pyridine rings is 1. The first-order chi connectivity index (χ1) is 13.2. The highest BCUT2D eigenvalue weighted by Crippen LogP contribution is 2.24. The van der Waals surface area contributed by atoms with Gasteiger partial charge in [-0.1, -0.05) is 37.3 Å². The molecule has 4 rings (SSSR count). The van der Waals surface area contributed by atoms with Gasteiger partial charge in [0.05, 0.1) is 24.4 Å². The Kier molecular flexibility index (Phi) is 5.32. The van der Waals surface area contributed by atoms with E-state index in [9.17, 15) is 5.11 Å². The van der Waals surface area contributed by atoms with Crippen LogP contribution in [0.3, 0.4) is 0 Å². The van der Waals surface area contributed by atoms with Crippen molar-refractivity contribution >= 4 is 16.5 Å². The van der Waals surface area contributed by atoms with Gasteiger partial charge in [0.25, 0.3) is 0 Å². The van der Waals surface area contributed by atoms with E-state index >= 15 is 0 Å². The predicted molar refractivity (Wildman–Crippen MR) is 108 cm³/mol. The Bertz CT molecular complexity index is 941. The Morgan fingerprint density at radius 3 is 2.93 bits per heavy atom. The Balaban J connectivity index is 1.43.